The van der Waals surface area contributed by atoms with E-state index in [1.54, 1.807) is 0 Å². The first-order valence-corrected chi connectivity index (χ1v) is 8.91. The average Bonchev–Trinajstić information content (AvgIpc) is 2.81. The lowest BCUT2D eigenvalue weighted by atomic mass is 9.69. The highest BCUT2D eigenvalue weighted by Crippen LogP contribution is 2.40. The third-order valence-corrected chi connectivity index (χ3v) is 5.31. The van der Waals surface area contributed by atoms with Crippen LogP contribution in [0.5, 0.6) is 5.75 Å². The zero-order valence-corrected chi connectivity index (χ0v) is 15.8. The summed E-state index contributed by atoms with van der Waals surface area (Å²) in [7, 11) is -0.255. The zero-order chi connectivity index (χ0) is 18.1. The van der Waals surface area contributed by atoms with Gasteiger partial charge in [0.25, 0.3) is 0 Å². The summed E-state index contributed by atoms with van der Waals surface area (Å²) in [4.78, 5) is 0. The van der Waals surface area contributed by atoms with E-state index in [-0.39, 0.29) is 24.1 Å². The Kier molecular flexibility index (Phi) is 4.94. The van der Waals surface area contributed by atoms with Gasteiger partial charge < -0.3 is 14.0 Å². The van der Waals surface area contributed by atoms with Crippen molar-refractivity contribution in [3.63, 3.8) is 0 Å². The van der Waals surface area contributed by atoms with Crippen molar-refractivity contribution in [2.45, 2.75) is 58.2 Å². The molecule has 0 amide bonds. The Hall–Kier alpha value is -1.78. The van der Waals surface area contributed by atoms with Crippen molar-refractivity contribution in [2.75, 3.05) is 0 Å². The molecule has 3 rings (SSSR count). The molecule has 1 aliphatic heterocycles. The molecule has 0 saturated carbocycles. The molecule has 0 bridgehead atoms. The van der Waals surface area contributed by atoms with E-state index in [0.29, 0.717) is 6.61 Å². The predicted molar refractivity (Wildman–Crippen MR) is 102 cm³/mol. The average molecular weight is 338 g/mol. The second-order valence-corrected chi connectivity index (χ2v) is 7.76. The van der Waals surface area contributed by atoms with Gasteiger partial charge >= 0.3 is 7.12 Å². The number of ether oxygens (including phenoxy) is 1. The molecule has 1 heterocycles. The van der Waals surface area contributed by atoms with Crippen molar-refractivity contribution < 1.29 is 14.0 Å². The highest BCUT2D eigenvalue weighted by molar-refractivity contribution is 6.47. The van der Waals surface area contributed by atoms with E-state index >= 15 is 0 Å². The summed E-state index contributed by atoms with van der Waals surface area (Å²) in [5.41, 5.74) is 1.69. The van der Waals surface area contributed by atoms with Crippen LogP contribution in [0.2, 0.25) is 0 Å². The third kappa shape index (κ3) is 3.91. The largest absolute Gasteiger partial charge is 0.489 e. The van der Waals surface area contributed by atoms with Gasteiger partial charge in [-0.05, 0) is 51.0 Å². The van der Waals surface area contributed by atoms with Crippen LogP contribution in [0, 0.1) is 0 Å². The molecule has 25 heavy (non-hydrogen) atoms. The first kappa shape index (κ1) is 18.0. The van der Waals surface area contributed by atoms with Crippen molar-refractivity contribution in [1.82, 2.24) is 0 Å². The summed E-state index contributed by atoms with van der Waals surface area (Å²) < 4.78 is 18.3. The van der Waals surface area contributed by atoms with E-state index in [4.69, 9.17) is 14.0 Å². The minimum atomic E-state index is -0.312. The lowest BCUT2D eigenvalue weighted by Gasteiger charge is -2.32. The van der Waals surface area contributed by atoms with Crippen molar-refractivity contribution >= 4 is 7.12 Å². The lowest BCUT2D eigenvalue weighted by Crippen LogP contribution is -2.41. The lowest BCUT2D eigenvalue weighted by molar-refractivity contribution is 0.00578. The van der Waals surface area contributed by atoms with E-state index in [9.17, 15) is 0 Å². The molecule has 2 aromatic rings. The maximum Gasteiger partial charge on any atom is 0.465 e. The molecular formula is C21H27BO3. The molecule has 132 valence electrons. The van der Waals surface area contributed by atoms with E-state index in [2.05, 4.69) is 58.9 Å². The number of hydrogen-bond acceptors (Lipinski definition) is 3. The van der Waals surface area contributed by atoms with E-state index in [1.807, 2.05) is 30.3 Å². The van der Waals surface area contributed by atoms with Crippen LogP contribution in [0.3, 0.4) is 0 Å². The predicted octanol–water partition coefficient (Wildman–Crippen LogP) is 5.00. The summed E-state index contributed by atoms with van der Waals surface area (Å²) in [6, 6.07) is 18.4. The first-order chi connectivity index (χ1) is 11.8. The first-order valence-electron chi connectivity index (χ1n) is 8.91. The molecule has 1 saturated heterocycles. The number of benzene rings is 2. The molecule has 1 aliphatic rings. The van der Waals surface area contributed by atoms with Crippen LogP contribution < -0.4 is 4.74 Å². The van der Waals surface area contributed by atoms with Crippen molar-refractivity contribution in [2.24, 2.45) is 0 Å². The number of hydrogen-bond donors (Lipinski definition) is 0. The minimum absolute atomic E-state index is 0.126. The smallest absolute Gasteiger partial charge is 0.465 e. The van der Waals surface area contributed by atoms with Gasteiger partial charge in [-0.15, -0.1) is 0 Å². The minimum Gasteiger partial charge on any atom is -0.489 e. The highest BCUT2D eigenvalue weighted by atomic mass is 16.7. The van der Waals surface area contributed by atoms with Gasteiger partial charge in [0.1, 0.15) is 12.4 Å². The third-order valence-electron chi connectivity index (χ3n) is 5.31. The van der Waals surface area contributed by atoms with Crippen molar-refractivity contribution in [3.05, 3.63) is 65.7 Å². The van der Waals surface area contributed by atoms with Crippen molar-refractivity contribution in [3.8, 4) is 5.75 Å². The van der Waals surface area contributed by atoms with Crippen LogP contribution in [-0.4, -0.2) is 18.3 Å². The molecule has 4 heteroatoms. The zero-order valence-electron chi connectivity index (χ0n) is 15.8. The summed E-state index contributed by atoms with van der Waals surface area (Å²) in [5.74, 6) is 0.992. The summed E-state index contributed by atoms with van der Waals surface area (Å²) in [5, 5.41) is 0. The van der Waals surface area contributed by atoms with Crippen LogP contribution >= 0.6 is 0 Å². The van der Waals surface area contributed by atoms with Gasteiger partial charge in [0.2, 0.25) is 0 Å². The molecule has 0 unspecified atom stereocenters. The molecule has 0 radical (unpaired) electrons. The second-order valence-electron chi connectivity index (χ2n) is 7.76. The van der Waals surface area contributed by atoms with Gasteiger partial charge in [-0.3, -0.25) is 0 Å². The standard InChI is InChI=1S/C21H27BO3/c1-16(22-24-20(2,3)21(4,5)25-22)18-12-9-13-19(14-18)23-15-17-10-7-6-8-11-17/h6-14,16H,15H2,1-5H3/t16-/m1/s1. The maximum atomic E-state index is 6.19. The van der Waals surface area contributed by atoms with Gasteiger partial charge in [0.05, 0.1) is 11.2 Å². The molecule has 0 aliphatic carbocycles. The number of rotatable bonds is 5. The fraction of sp³-hybridized carbons (Fsp3) is 0.429. The molecule has 0 N–H and O–H groups in total. The van der Waals surface area contributed by atoms with E-state index in [0.717, 1.165) is 16.9 Å². The summed E-state index contributed by atoms with van der Waals surface area (Å²) >= 11 is 0. The van der Waals surface area contributed by atoms with Gasteiger partial charge in [-0.25, -0.2) is 0 Å². The van der Waals surface area contributed by atoms with Crippen LogP contribution in [0.15, 0.2) is 54.6 Å². The topological polar surface area (TPSA) is 27.7 Å². The van der Waals surface area contributed by atoms with Crippen LogP contribution in [0.4, 0.5) is 0 Å². The fourth-order valence-electron chi connectivity index (χ4n) is 2.88. The quantitative estimate of drug-likeness (QED) is 0.718. The monoisotopic (exact) mass is 338 g/mol. The molecule has 3 nitrogen and oxygen atoms in total. The molecule has 0 aromatic heterocycles. The Labute approximate surface area is 151 Å². The Balaban J connectivity index is 1.69. The van der Waals surface area contributed by atoms with Gasteiger partial charge in [0, 0.05) is 5.82 Å². The molecule has 2 aromatic carbocycles. The van der Waals surface area contributed by atoms with E-state index in [1.165, 1.54) is 0 Å². The summed E-state index contributed by atoms with van der Waals surface area (Å²) in [6.45, 7) is 11.0. The van der Waals surface area contributed by atoms with E-state index < -0.39 is 0 Å². The SMILES string of the molecule is C[C@@H](B1OC(C)(C)C(C)(C)O1)c1cccc(OCc2ccccc2)c1. The van der Waals surface area contributed by atoms with Crippen LogP contribution in [0.1, 0.15) is 51.6 Å². The normalized spacial score (nSPS) is 19.6. The van der Waals surface area contributed by atoms with Gasteiger partial charge in [-0.2, -0.15) is 0 Å². The second kappa shape index (κ2) is 6.85. The Morgan fingerprint density at radius 1 is 0.920 bits per heavy atom. The fourth-order valence-corrected chi connectivity index (χ4v) is 2.88. The summed E-state index contributed by atoms with van der Waals surface area (Å²) in [6.07, 6.45) is 0. The molecule has 0 spiro atoms. The van der Waals surface area contributed by atoms with Crippen LogP contribution in [-0.2, 0) is 15.9 Å². The van der Waals surface area contributed by atoms with Gasteiger partial charge in [0.15, 0.2) is 0 Å². The Morgan fingerprint density at radius 3 is 2.20 bits per heavy atom. The van der Waals surface area contributed by atoms with Gasteiger partial charge in [-0.1, -0.05) is 49.4 Å². The van der Waals surface area contributed by atoms with Crippen molar-refractivity contribution in [1.29, 1.82) is 0 Å². The Morgan fingerprint density at radius 2 is 1.56 bits per heavy atom. The molecular weight excluding hydrogens is 311 g/mol. The maximum absolute atomic E-state index is 6.19. The van der Waals surface area contributed by atoms with Crippen LogP contribution in [0.25, 0.3) is 0 Å². The molecule has 1 fully saturated rings. The Bertz CT molecular complexity index is 696. The highest BCUT2D eigenvalue weighted by Gasteiger charge is 2.53. The molecule has 1 atom stereocenters.